The van der Waals surface area contributed by atoms with Gasteiger partial charge in [-0.1, -0.05) is 84.9 Å². The minimum Gasteiger partial charge on any atom is -0.758 e. The van der Waals surface area contributed by atoms with E-state index in [1.54, 1.807) is 0 Å². The molecule has 0 N–H and O–H groups in total. The van der Waals surface area contributed by atoms with Gasteiger partial charge < -0.3 is 20.5 Å². The van der Waals surface area contributed by atoms with Crippen molar-refractivity contribution in [1.82, 2.24) is 0 Å². The molecule has 0 spiro atoms. The third-order valence-corrected chi connectivity index (χ3v) is 6.52. The van der Waals surface area contributed by atoms with Gasteiger partial charge in [0.25, 0.3) is 0 Å². The predicted octanol–water partition coefficient (Wildman–Crippen LogP) is 6.83. The molecule has 2 unspecified atom stereocenters. The zero-order valence-corrected chi connectivity index (χ0v) is 16.8. The Kier molecular flexibility index (Phi) is 4.10. The van der Waals surface area contributed by atoms with E-state index in [2.05, 4.69) is 12.1 Å². The number of hydrogen-bond donors (Lipinski definition) is 0. The molecular weight excluding hydrogens is 384 g/mol. The Morgan fingerprint density at radius 2 is 0.839 bits per heavy atom. The van der Waals surface area contributed by atoms with Gasteiger partial charge in [0.2, 0.25) is 0 Å². The number of fused-ring (bicyclic) bond motifs is 6. The van der Waals surface area contributed by atoms with Crippen LogP contribution >= 0.6 is 0 Å². The Bertz CT molecular complexity index is 1190. The van der Waals surface area contributed by atoms with Crippen LogP contribution < -0.4 is 10.1 Å². The van der Waals surface area contributed by atoms with Crippen LogP contribution in [-0.2, 0) is 0 Å². The molecule has 31 heavy (non-hydrogen) atoms. The fourth-order valence-electron chi connectivity index (χ4n) is 5.10. The summed E-state index contributed by atoms with van der Waals surface area (Å²) in [5.74, 6) is 0. The summed E-state index contributed by atoms with van der Waals surface area (Å²) >= 11 is 0. The molecule has 0 aliphatic carbocycles. The van der Waals surface area contributed by atoms with E-state index in [1.807, 2.05) is 84.9 Å². The molecule has 2 aliphatic heterocycles. The van der Waals surface area contributed by atoms with Crippen LogP contribution in [0.3, 0.4) is 0 Å². The summed E-state index contributed by atoms with van der Waals surface area (Å²) in [5.41, 5.74) is 7.29. The molecule has 0 saturated carbocycles. The standard InChI is InChI=1S/C27H20N2O2/c30-28-24-15-7-5-11-20(24)18-9-1-3-13-22(18)26(28)17-27-23-14-4-2-10-19(23)21-12-6-8-16-25(21)29(27)31/h1-16,26-27H,17H2/q-2. The van der Waals surface area contributed by atoms with Gasteiger partial charge in [-0.05, 0) is 40.8 Å². The number of para-hydroxylation sites is 2. The molecule has 2 heterocycles. The summed E-state index contributed by atoms with van der Waals surface area (Å²) in [6, 6.07) is 30.6. The lowest BCUT2D eigenvalue weighted by Gasteiger charge is -2.50. The molecule has 4 aromatic rings. The number of hydroxylamine groups is 2. The van der Waals surface area contributed by atoms with E-state index in [9.17, 15) is 10.4 Å². The van der Waals surface area contributed by atoms with Gasteiger partial charge in [-0.15, -0.1) is 0 Å². The summed E-state index contributed by atoms with van der Waals surface area (Å²) in [4.78, 5) is 0. The number of rotatable bonds is 2. The van der Waals surface area contributed by atoms with Crippen molar-refractivity contribution in [3.05, 3.63) is 119 Å². The molecule has 0 aromatic heterocycles. The summed E-state index contributed by atoms with van der Waals surface area (Å²) in [7, 11) is 0. The largest absolute Gasteiger partial charge is 0.758 e. The van der Waals surface area contributed by atoms with Crippen LogP contribution in [0.25, 0.3) is 22.3 Å². The van der Waals surface area contributed by atoms with Gasteiger partial charge in [0.15, 0.2) is 0 Å². The van der Waals surface area contributed by atoms with Crippen molar-refractivity contribution in [2.24, 2.45) is 0 Å². The third-order valence-electron chi connectivity index (χ3n) is 6.52. The van der Waals surface area contributed by atoms with E-state index in [1.165, 1.54) is 0 Å². The molecule has 0 radical (unpaired) electrons. The first-order valence-corrected chi connectivity index (χ1v) is 10.5. The molecule has 0 amide bonds. The van der Waals surface area contributed by atoms with E-state index >= 15 is 0 Å². The first-order valence-electron chi connectivity index (χ1n) is 10.5. The molecule has 152 valence electrons. The van der Waals surface area contributed by atoms with Gasteiger partial charge in [-0.25, -0.2) is 0 Å². The smallest absolute Gasteiger partial charge is 0.0460 e. The zero-order chi connectivity index (χ0) is 20.9. The van der Waals surface area contributed by atoms with Crippen molar-refractivity contribution in [2.45, 2.75) is 18.5 Å². The fourth-order valence-corrected chi connectivity index (χ4v) is 5.10. The molecule has 0 bridgehead atoms. The molecule has 2 atom stereocenters. The van der Waals surface area contributed by atoms with Crippen molar-refractivity contribution >= 4 is 11.4 Å². The minimum absolute atomic E-state index is 0.406. The molecule has 6 rings (SSSR count). The van der Waals surface area contributed by atoms with E-state index in [0.29, 0.717) is 17.8 Å². The maximum Gasteiger partial charge on any atom is 0.0460 e. The van der Waals surface area contributed by atoms with Crippen molar-refractivity contribution < 1.29 is 0 Å². The monoisotopic (exact) mass is 404 g/mol. The van der Waals surface area contributed by atoms with Gasteiger partial charge in [-0.3, -0.25) is 0 Å². The number of nitrogens with zero attached hydrogens (tertiary/aromatic N) is 2. The van der Waals surface area contributed by atoms with Crippen molar-refractivity contribution in [3.63, 3.8) is 0 Å². The van der Waals surface area contributed by atoms with Crippen molar-refractivity contribution in [3.8, 4) is 22.3 Å². The Morgan fingerprint density at radius 1 is 0.484 bits per heavy atom. The Labute approximate surface area is 181 Å². The van der Waals surface area contributed by atoms with Crippen LogP contribution in [0.15, 0.2) is 97.1 Å². The van der Waals surface area contributed by atoms with E-state index in [0.717, 1.165) is 43.5 Å². The summed E-state index contributed by atoms with van der Waals surface area (Å²) < 4.78 is 0. The van der Waals surface area contributed by atoms with Crippen LogP contribution in [-0.4, -0.2) is 0 Å². The molecule has 4 aromatic carbocycles. The molecule has 0 saturated heterocycles. The highest BCUT2D eigenvalue weighted by Gasteiger charge is 2.32. The van der Waals surface area contributed by atoms with Crippen LogP contribution in [0.5, 0.6) is 0 Å². The molecule has 4 heteroatoms. The minimum atomic E-state index is -0.439. The normalized spacial score (nSPS) is 18.6. The van der Waals surface area contributed by atoms with Crippen LogP contribution in [0.2, 0.25) is 0 Å². The summed E-state index contributed by atoms with van der Waals surface area (Å²) in [5, 5.41) is 29.2. The zero-order valence-electron chi connectivity index (χ0n) is 16.8. The average Bonchev–Trinajstić information content (AvgIpc) is 2.84. The SMILES string of the molecule is [O-]N1c2ccccc2-c2ccccc2C1CC1c2ccccc2-c2ccccc2N1[O-]. The van der Waals surface area contributed by atoms with E-state index in [4.69, 9.17) is 0 Å². The second-order valence-corrected chi connectivity index (χ2v) is 8.13. The third kappa shape index (κ3) is 2.69. The number of anilines is 2. The number of benzene rings is 4. The van der Waals surface area contributed by atoms with Gasteiger partial charge in [0, 0.05) is 34.6 Å². The lowest BCUT2D eigenvalue weighted by atomic mass is 9.82. The van der Waals surface area contributed by atoms with E-state index in [-0.39, 0.29) is 0 Å². The van der Waals surface area contributed by atoms with Crippen molar-refractivity contribution in [2.75, 3.05) is 10.1 Å². The van der Waals surface area contributed by atoms with E-state index < -0.39 is 12.1 Å². The Hall–Kier alpha value is -3.60. The Morgan fingerprint density at radius 3 is 1.29 bits per heavy atom. The Balaban J connectivity index is 1.47. The topological polar surface area (TPSA) is 52.6 Å². The van der Waals surface area contributed by atoms with Crippen LogP contribution in [0.4, 0.5) is 11.4 Å². The first-order chi connectivity index (χ1) is 15.2. The molecule has 4 nitrogen and oxygen atoms in total. The maximum atomic E-state index is 13.5. The van der Waals surface area contributed by atoms with Gasteiger partial charge >= 0.3 is 0 Å². The second-order valence-electron chi connectivity index (χ2n) is 8.13. The first kappa shape index (κ1) is 18.2. The highest BCUT2D eigenvalue weighted by atomic mass is 16.5. The van der Waals surface area contributed by atoms with Gasteiger partial charge in [0.1, 0.15) is 0 Å². The lowest BCUT2D eigenvalue weighted by Crippen LogP contribution is -2.34. The molecular formula is C27H20N2O2-2. The quantitative estimate of drug-likeness (QED) is 0.367. The van der Waals surface area contributed by atoms with Gasteiger partial charge in [-0.2, -0.15) is 0 Å². The molecule has 0 fully saturated rings. The van der Waals surface area contributed by atoms with Crippen molar-refractivity contribution in [1.29, 1.82) is 0 Å². The fraction of sp³-hybridized carbons (Fsp3) is 0.111. The van der Waals surface area contributed by atoms with Crippen LogP contribution in [0, 0.1) is 10.4 Å². The maximum absolute atomic E-state index is 13.5. The van der Waals surface area contributed by atoms with Crippen LogP contribution in [0.1, 0.15) is 29.6 Å². The summed E-state index contributed by atoms with van der Waals surface area (Å²) in [6.45, 7) is 0. The number of hydrogen-bond acceptors (Lipinski definition) is 4. The predicted molar refractivity (Wildman–Crippen MR) is 126 cm³/mol. The van der Waals surface area contributed by atoms with Gasteiger partial charge in [0.05, 0.1) is 0 Å². The summed E-state index contributed by atoms with van der Waals surface area (Å²) in [6.07, 6.45) is 0.406. The second kappa shape index (κ2) is 6.98. The highest BCUT2D eigenvalue weighted by molar-refractivity contribution is 5.86. The lowest BCUT2D eigenvalue weighted by molar-refractivity contribution is 0.531. The highest BCUT2D eigenvalue weighted by Crippen LogP contribution is 2.51. The average molecular weight is 404 g/mol. The molecule has 2 aliphatic rings.